The molecule has 0 spiro atoms. The molecular weight excluding hydrogens is 323 g/mol. The first-order chi connectivity index (χ1) is 11.7. The van der Waals surface area contributed by atoms with Crippen molar-refractivity contribution >= 4 is 11.8 Å². The molecule has 0 unspecified atom stereocenters. The molecule has 0 atom stereocenters. The van der Waals surface area contributed by atoms with Crippen molar-refractivity contribution in [3.8, 4) is 5.75 Å². The normalized spacial score (nSPS) is 15.1. The fourth-order valence-electron chi connectivity index (χ4n) is 2.50. The maximum Gasteiger partial charge on any atom is 0.410 e. The molecule has 1 heterocycles. The molecule has 1 amide bonds. The van der Waals surface area contributed by atoms with E-state index in [2.05, 4.69) is 6.58 Å². The first-order valence-electron chi connectivity index (χ1n) is 8.45. The number of carbonyl (C=O) groups is 1. The van der Waals surface area contributed by atoms with Gasteiger partial charge in [-0.15, -0.1) is 0 Å². The Morgan fingerprint density at radius 3 is 2.40 bits per heavy atom. The van der Waals surface area contributed by atoms with Gasteiger partial charge in [0.1, 0.15) is 23.8 Å². The second kappa shape index (κ2) is 7.76. The van der Waals surface area contributed by atoms with Gasteiger partial charge in [0.25, 0.3) is 0 Å². The van der Waals surface area contributed by atoms with Gasteiger partial charge in [0.05, 0.1) is 5.69 Å². The van der Waals surface area contributed by atoms with Crippen molar-refractivity contribution in [1.82, 2.24) is 4.90 Å². The standard InChI is InChI=1S/C19H27FN2O3/c1-14(2)13-24-15-6-7-17(16(20)12-15)21-8-10-22(11-9-21)18(23)25-19(3,4)5/h6-7,12H,1,8-11,13H2,2-5H3. The van der Waals surface area contributed by atoms with Crippen molar-refractivity contribution in [2.75, 3.05) is 37.7 Å². The monoisotopic (exact) mass is 350 g/mol. The van der Waals surface area contributed by atoms with E-state index < -0.39 is 5.60 Å². The van der Waals surface area contributed by atoms with E-state index >= 15 is 0 Å². The third kappa shape index (κ3) is 5.66. The molecule has 0 bridgehead atoms. The van der Waals surface area contributed by atoms with Gasteiger partial charge in [-0.3, -0.25) is 0 Å². The van der Waals surface area contributed by atoms with Crippen LogP contribution in [0, 0.1) is 5.82 Å². The van der Waals surface area contributed by atoms with Crippen LogP contribution in [0.25, 0.3) is 0 Å². The summed E-state index contributed by atoms with van der Waals surface area (Å²) < 4.78 is 25.2. The molecule has 0 saturated carbocycles. The first kappa shape index (κ1) is 19.1. The Morgan fingerprint density at radius 2 is 1.88 bits per heavy atom. The highest BCUT2D eigenvalue weighted by atomic mass is 19.1. The van der Waals surface area contributed by atoms with E-state index in [-0.39, 0.29) is 11.9 Å². The Bertz CT molecular complexity index is 632. The Morgan fingerprint density at radius 1 is 1.24 bits per heavy atom. The molecule has 1 aliphatic rings. The van der Waals surface area contributed by atoms with Gasteiger partial charge in [-0.2, -0.15) is 0 Å². The van der Waals surface area contributed by atoms with E-state index in [4.69, 9.17) is 9.47 Å². The number of anilines is 1. The molecule has 0 radical (unpaired) electrons. The maximum atomic E-state index is 14.4. The molecule has 1 aliphatic heterocycles. The van der Waals surface area contributed by atoms with Crippen LogP contribution in [0.1, 0.15) is 27.7 Å². The minimum Gasteiger partial charge on any atom is -0.489 e. The molecule has 2 rings (SSSR count). The molecule has 0 aliphatic carbocycles. The van der Waals surface area contributed by atoms with E-state index in [9.17, 15) is 9.18 Å². The van der Waals surface area contributed by atoms with Crippen LogP contribution in [0.5, 0.6) is 5.75 Å². The smallest absolute Gasteiger partial charge is 0.410 e. The average Bonchev–Trinajstić information content (AvgIpc) is 2.51. The molecule has 1 aromatic rings. The van der Waals surface area contributed by atoms with E-state index in [0.717, 1.165) is 5.57 Å². The Labute approximate surface area is 149 Å². The second-order valence-electron chi connectivity index (χ2n) is 7.31. The lowest BCUT2D eigenvalue weighted by molar-refractivity contribution is 0.0240. The third-order valence-corrected chi connectivity index (χ3v) is 3.68. The summed E-state index contributed by atoms with van der Waals surface area (Å²) >= 11 is 0. The number of hydrogen-bond acceptors (Lipinski definition) is 4. The molecule has 1 fully saturated rings. The van der Waals surface area contributed by atoms with E-state index in [1.165, 1.54) is 6.07 Å². The number of halogens is 1. The number of amides is 1. The Hall–Kier alpha value is -2.24. The van der Waals surface area contributed by atoms with Crippen molar-refractivity contribution in [2.45, 2.75) is 33.3 Å². The van der Waals surface area contributed by atoms with E-state index in [0.29, 0.717) is 44.2 Å². The zero-order chi connectivity index (χ0) is 18.6. The van der Waals surface area contributed by atoms with Gasteiger partial charge in [0.2, 0.25) is 0 Å². The van der Waals surface area contributed by atoms with Crippen molar-refractivity contribution < 1.29 is 18.7 Å². The van der Waals surface area contributed by atoms with Crippen LogP contribution in [-0.2, 0) is 4.74 Å². The number of rotatable bonds is 4. The summed E-state index contributed by atoms with van der Waals surface area (Å²) in [5, 5.41) is 0. The number of benzene rings is 1. The van der Waals surface area contributed by atoms with E-state index in [1.807, 2.05) is 32.6 Å². The Balaban J connectivity index is 1.94. The third-order valence-electron chi connectivity index (χ3n) is 3.68. The van der Waals surface area contributed by atoms with Crippen LogP contribution in [0.4, 0.5) is 14.9 Å². The van der Waals surface area contributed by atoms with Gasteiger partial charge in [-0.25, -0.2) is 9.18 Å². The number of nitrogens with zero attached hydrogens (tertiary/aromatic N) is 2. The van der Waals surface area contributed by atoms with Crippen molar-refractivity contribution in [3.63, 3.8) is 0 Å². The van der Waals surface area contributed by atoms with Gasteiger partial charge in [0.15, 0.2) is 0 Å². The lowest BCUT2D eigenvalue weighted by Crippen LogP contribution is -2.50. The van der Waals surface area contributed by atoms with Gasteiger partial charge in [-0.1, -0.05) is 6.58 Å². The highest BCUT2D eigenvalue weighted by Crippen LogP contribution is 2.25. The quantitative estimate of drug-likeness (QED) is 0.774. The zero-order valence-electron chi connectivity index (χ0n) is 15.5. The number of ether oxygens (including phenoxy) is 2. The summed E-state index contributed by atoms with van der Waals surface area (Å²) in [4.78, 5) is 15.7. The summed E-state index contributed by atoms with van der Waals surface area (Å²) in [6, 6.07) is 4.85. The van der Waals surface area contributed by atoms with Crippen LogP contribution >= 0.6 is 0 Å². The fourth-order valence-corrected chi connectivity index (χ4v) is 2.50. The van der Waals surface area contributed by atoms with Gasteiger partial charge < -0.3 is 19.3 Å². The average molecular weight is 350 g/mol. The number of piperazine rings is 1. The zero-order valence-corrected chi connectivity index (χ0v) is 15.5. The lowest BCUT2D eigenvalue weighted by Gasteiger charge is -2.36. The molecule has 6 heteroatoms. The van der Waals surface area contributed by atoms with Crippen LogP contribution < -0.4 is 9.64 Å². The summed E-state index contributed by atoms with van der Waals surface area (Å²) in [5.41, 5.74) is 0.884. The molecule has 1 saturated heterocycles. The molecular formula is C19H27FN2O3. The number of carbonyl (C=O) groups excluding carboxylic acids is 1. The first-order valence-corrected chi connectivity index (χ1v) is 8.45. The molecule has 5 nitrogen and oxygen atoms in total. The van der Waals surface area contributed by atoms with Crippen molar-refractivity contribution in [2.24, 2.45) is 0 Å². The summed E-state index contributed by atoms with van der Waals surface area (Å²) in [5.74, 6) is 0.154. The van der Waals surface area contributed by atoms with E-state index in [1.54, 1.807) is 17.0 Å². The predicted octanol–water partition coefficient (Wildman–Crippen LogP) is 3.84. The maximum absolute atomic E-state index is 14.4. The summed E-state index contributed by atoms with van der Waals surface area (Å²) in [7, 11) is 0. The topological polar surface area (TPSA) is 42.0 Å². The SMILES string of the molecule is C=C(C)COc1ccc(N2CCN(C(=O)OC(C)(C)C)CC2)c(F)c1. The van der Waals surface area contributed by atoms with Gasteiger partial charge in [0, 0.05) is 32.2 Å². The van der Waals surface area contributed by atoms with Gasteiger partial charge >= 0.3 is 6.09 Å². The minimum absolute atomic E-state index is 0.323. The van der Waals surface area contributed by atoms with Gasteiger partial charge in [-0.05, 0) is 45.4 Å². The van der Waals surface area contributed by atoms with Crippen LogP contribution in [0.3, 0.4) is 0 Å². The largest absolute Gasteiger partial charge is 0.489 e. The molecule has 0 N–H and O–H groups in total. The van der Waals surface area contributed by atoms with Crippen LogP contribution in [-0.4, -0.2) is 49.4 Å². The van der Waals surface area contributed by atoms with Crippen molar-refractivity contribution in [3.05, 3.63) is 36.2 Å². The predicted molar refractivity (Wildman–Crippen MR) is 96.7 cm³/mol. The summed E-state index contributed by atoms with van der Waals surface area (Å²) in [6.45, 7) is 13.6. The second-order valence-corrected chi connectivity index (χ2v) is 7.31. The number of hydrogen-bond donors (Lipinski definition) is 0. The minimum atomic E-state index is -0.514. The highest BCUT2D eigenvalue weighted by Gasteiger charge is 2.26. The highest BCUT2D eigenvalue weighted by molar-refractivity contribution is 5.68. The van der Waals surface area contributed by atoms with Crippen LogP contribution in [0.15, 0.2) is 30.4 Å². The van der Waals surface area contributed by atoms with Crippen LogP contribution in [0.2, 0.25) is 0 Å². The van der Waals surface area contributed by atoms with Crippen molar-refractivity contribution in [1.29, 1.82) is 0 Å². The lowest BCUT2D eigenvalue weighted by atomic mass is 10.2. The Kier molecular flexibility index (Phi) is 5.93. The summed E-state index contributed by atoms with van der Waals surface area (Å²) in [6.07, 6.45) is -0.323. The molecule has 1 aromatic carbocycles. The molecule has 138 valence electrons. The molecule has 0 aromatic heterocycles. The molecule has 25 heavy (non-hydrogen) atoms. The fraction of sp³-hybridized carbons (Fsp3) is 0.526.